The molecule has 4 aromatic carbocycles. The molecule has 4 aromatic rings. The van der Waals surface area contributed by atoms with E-state index in [-0.39, 0.29) is 13.2 Å². The second-order valence-corrected chi connectivity index (χ2v) is 9.73. The van der Waals surface area contributed by atoms with Gasteiger partial charge in [0.2, 0.25) is 0 Å². The predicted molar refractivity (Wildman–Crippen MR) is 158 cm³/mol. The second-order valence-electron chi connectivity index (χ2n) is 9.73. The Kier molecular flexibility index (Phi) is 10.4. The largest absolute Gasteiger partial charge is 0.488 e. The molecule has 0 fully saturated rings. The first kappa shape index (κ1) is 28.2. The standard InChI is InChI=1S/C34H38O5/c1-4-12-25(5-2)19-20-36-23-30(39-33(35)6-3)24-37-34-31-16-11-10-13-26(31)21-27-17-18-29(22-32(27)34)38-28-14-8-7-9-15-28/h6-11,13-18,21-22,25,30H,3-5,12,19-20,23-24H2,1-2H3. The van der Waals surface area contributed by atoms with Crippen molar-refractivity contribution in [2.75, 3.05) is 19.8 Å². The molecule has 39 heavy (non-hydrogen) atoms. The summed E-state index contributed by atoms with van der Waals surface area (Å²) in [4.78, 5) is 12.1. The molecule has 0 spiro atoms. The van der Waals surface area contributed by atoms with Gasteiger partial charge < -0.3 is 18.9 Å². The Labute approximate surface area is 231 Å². The molecule has 2 atom stereocenters. The van der Waals surface area contributed by atoms with Crippen LogP contribution < -0.4 is 9.47 Å². The Bertz CT molecular complexity index is 1360. The van der Waals surface area contributed by atoms with Crippen molar-refractivity contribution in [3.8, 4) is 17.2 Å². The molecule has 0 radical (unpaired) electrons. The third-order valence-corrected chi connectivity index (χ3v) is 6.88. The molecule has 0 bridgehead atoms. The van der Waals surface area contributed by atoms with Crippen molar-refractivity contribution >= 4 is 27.5 Å². The quantitative estimate of drug-likeness (QED) is 0.0673. The van der Waals surface area contributed by atoms with E-state index in [4.69, 9.17) is 18.9 Å². The highest BCUT2D eigenvalue weighted by Crippen LogP contribution is 2.37. The first-order chi connectivity index (χ1) is 19.1. The SMILES string of the molecule is C=CC(=O)OC(COCCC(CC)CCC)COc1c2ccccc2cc2ccc(Oc3ccccc3)cc12. The first-order valence-corrected chi connectivity index (χ1v) is 13.8. The van der Waals surface area contributed by atoms with Crippen LogP contribution in [0.5, 0.6) is 17.2 Å². The number of hydrogen-bond donors (Lipinski definition) is 0. The number of benzene rings is 4. The van der Waals surface area contributed by atoms with Crippen molar-refractivity contribution in [2.45, 2.75) is 45.6 Å². The predicted octanol–water partition coefficient (Wildman–Crippen LogP) is 8.49. The summed E-state index contributed by atoms with van der Waals surface area (Å²) in [7, 11) is 0. The molecule has 4 rings (SSSR count). The highest BCUT2D eigenvalue weighted by molar-refractivity contribution is 6.05. The van der Waals surface area contributed by atoms with Crippen molar-refractivity contribution in [3.05, 3.63) is 91.5 Å². The van der Waals surface area contributed by atoms with Crippen LogP contribution in [-0.4, -0.2) is 31.9 Å². The van der Waals surface area contributed by atoms with Crippen LogP contribution in [-0.2, 0) is 14.3 Å². The summed E-state index contributed by atoms with van der Waals surface area (Å²) in [6, 6.07) is 25.9. The monoisotopic (exact) mass is 526 g/mol. The molecule has 0 aliphatic heterocycles. The number of hydrogen-bond acceptors (Lipinski definition) is 5. The lowest BCUT2D eigenvalue weighted by Crippen LogP contribution is -2.29. The minimum absolute atomic E-state index is 0.151. The van der Waals surface area contributed by atoms with Crippen LogP contribution in [0.2, 0.25) is 0 Å². The summed E-state index contributed by atoms with van der Waals surface area (Å²) in [6.45, 7) is 8.99. The van der Waals surface area contributed by atoms with Crippen LogP contribution in [0, 0.1) is 5.92 Å². The minimum Gasteiger partial charge on any atom is -0.488 e. The molecule has 5 heteroatoms. The van der Waals surface area contributed by atoms with Gasteiger partial charge in [-0.1, -0.05) is 88.2 Å². The lowest BCUT2D eigenvalue weighted by molar-refractivity contribution is -0.148. The van der Waals surface area contributed by atoms with Crippen LogP contribution >= 0.6 is 0 Å². The Morgan fingerprint density at radius 3 is 2.38 bits per heavy atom. The lowest BCUT2D eigenvalue weighted by atomic mass is 9.98. The molecule has 0 saturated carbocycles. The van der Waals surface area contributed by atoms with Gasteiger partial charge in [0, 0.05) is 23.5 Å². The molecule has 5 nitrogen and oxygen atoms in total. The first-order valence-electron chi connectivity index (χ1n) is 13.8. The van der Waals surface area contributed by atoms with E-state index in [9.17, 15) is 4.79 Å². The fourth-order valence-corrected chi connectivity index (χ4v) is 4.77. The van der Waals surface area contributed by atoms with Gasteiger partial charge >= 0.3 is 5.97 Å². The molecule has 0 aromatic heterocycles. The molecule has 0 N–H and O–H groups in total. The van der Waals surface area contributed by atoms with Crippen LogP contribution in [0.1, 0.15) is 39.5 Å². The number of fused-ring (bicyclic) bond motifs is 2. The minimum atomic E-state index is -0.570. The van der Waals surface area contributed by atoms with E-state index in [0.29, 0.717) is 18.3 Å². The van der Waals surface area contributed by atoms with Crippen LogP contribution in [0.25, 0.3) is 21.5 Å². The molecular formula is C34H38O5. The molecule has 0 aliphatic rings. The molecule has 204 valence electrons. The Morgan fingerprint density at radius 2 is 1.62 bits per heavy atom. The third kappa shape index (κ3) is 7.84. The lowest BCUT2D eigenvalue weighted by Gasteiger charge is -2.21. The van der Waals surface area contributed by atoms with Crippen molar-refractivity contribution in [1.29, 1.82) is 0 Å². The molecular weight excluding hydrogens is 488 g/mol. The van der Waals surface area contributed by atoms with Crippen molar-refractivity contribution in [3.63, 3.8) is 0 Å². The van der Waals surface area contributed by atoms with E-state index in [1.165, 1.54) is 18.9 Å². The molecule has 0 aliphatic carbocycles. The Morgan fingerprint density at radius 1 is 0.846 bits per heavy atom. The van der Waals surface area contributed by atoms with Crippen LogP contribution in [0.15, 0.2) is 91.5 Å². The second kappa shape index (κ2) is 14.4. The van der Waals surface area contributed by atoms with Gasteiger partial charge in [-0.3, -0.25) is 0 Å². The zero-order chi connectivity index (χ0) is 27.5. The summed E-state index contributed by atoms with van der Waals surface area (Å²) < 4.78 is 24.1. The van der Waals surface area contributed by atoms with Gasteiger partial charge in [0.25, 0.3) is 0 Å². The number of ether oxygens (including phenoxy) is 4. The summed E-state index contributed by atoms with van der Waals surface area (Å²) in [5.41, 5.74) is 0. The fraction of sp³-hybridized carbons (Fsp3) is 0.324. The van der Waals surface area contributed by atoms with Crippen molar-refractivity contribution in [2.24, 2.45) is 5.92 Å². The van der Waals surface area contributed by atoms with E-state index in [1.54, 1.807) is 0 Å². The van der Waals surface area contributed by atoms with Crippen molar-refractivity contribution < 1.29 is 23.7 Å². The zero-order valence-electron chi connectivity index (χ0n) is 22.9. The van der Waals surface area contributed by atoms with E-state index >= 15 is 0 Å². The van der Waals surface area contributed by atoms with Gasteiger partial charge in [-0.05, 0) is 53.4 Å². The van der Waals surface area contributed by atoms with E-state index in [0.717, 1.165) is 45.9 Å². The number of carbonyl (C=O) groups excluding carboxylic acids is 1. The number of esters is 1. The average molecular weight is 527 g/mol. The van der Waals surface area contributed by atoms with Gasteiger partial charge in [-0.2, -0.15) is 0 Å². The highest BCUT2D eigenvalue weighted by atomic mass is 16.6. The molecule has 0 heterocycles. The summed E-state index contributed by atoms with van der Waals surface area (Å²) in [5, 5.41) is 3.99. The van der Waals surface area contributed by atoms with E-state index in [1.807, 2.05) is 66.7 Å². The summed E-state index contributed by atoms with van der Waals surface area (Å²) >= 11 is 0. The van der Waals surface area contributed by atoms with Gasteiger partial charge in [-0.25, -0.2) is 4.79 Å². The Balaban J connectivity index is 1.56. The summed E-state index contributed by atoms with van der Waals surface area (Å²) in [5.74, 6) is 2.35. The molecule has 0 amide bonds. The number of para-hydroxylation sites is 1. The maximum atomic E-state index is 12.1. The van der Waals surface area contributed by atoms with Gasteiger partial charge in [0.05, 0.1) is 6.61 Å². The maximum Gasteiger partial charge on any atom is 0.330 e. The third-order valence-electron chi connectivity index (χ3n) is 6.88. The van der Waals surface area contributed by atoms with Crippen LogP contribution in [0.4, 0.5) is 0 Å². The average Bonchev–Trinajstić information content (AvgIpc) is 2.97. The van der Waals surface area contributed by atoms with Crippen LogP contribution in [0.3, 0.4) is 0 Å². The van der Waals surface area contributed by atoms with Gasteiger partial charge in [0.15, 0.2) is 6.10 Å². The van der Waals surface area contributed by atoms with E-state index in [2.05, 4.69) is 32.6 Å². The van der Waals surface area contributed by atoms with E-state index < -0.39 is 12.1 Å². The maximum absolute atomic E-state index is 12.1. The number of rotatable bonds is 15. The number of carbonyl (C=O) groups is 1. The normalized spacial score (nSPS) is 12.7. The highest BCUT2D eigenvalue weighted by Gasteiger charge is 2.18. The zero-order valence-corrected chi connectivity index (χ0v) is 22.9. The fourth-order valence-electron chi connectivity index (χ4n) is 4.77. The Hall–Kier alpha value is -3.83. The van der Waals surface area contributed by atoms with Gasteiger partial charge in [-0.15, -0.1) is 0 Å². The molecule has 2 unspecified atom stereocenters. The molecule has 0 saturated heterocycles. The van der Waals surface area contributed by atoms with Gasteiger partial charge in [0.1, 0.15) is 23.9 Å². The summed E-state index contributed by atoms with van der Waals surface area (Å²) in [6.07, 6.45) is 5.09. The van der Waals surface area contributed by atoms with Crippen molar-refractivity contribution in [1.82, 2.24) is 0 Å². The topological polar surface area (TPSA) is 54.0 Å². The smallest absolute Gasteiger partial charge is 0.330 e.